The van der Waals surface area contributed by atoms with Gasteiger partial charge >= 0.3 is 0 Å². The monoisotopic (exact) mass is 318 g/mol. The number of ether oxygens (including phenoxy) is 2. The Morgan fingerprint density at radius 1 is 1.13 bits per heavy atom. The third-order valence-corrected chi connectivity index (χ3v) is 4.68. The normalized spacial score (nSPS) is 23.3. The number of benzene rings is 1. The zero-order valence-corrected chi connectivity index (χ0v) is 14.5. The third kappa shape index (κ3) is 4.61. The predicted molar refractivity (Wildman–Crippen MR) is 94.5 cm³/mol. The maximum absolute atomic E-state index is 5.97. The molecule has 0 radical (unpaired) electrons. The van der Waals surface area contributed by atoms with Crippen molar-refractivity contribution in [2.45, 2.75) is 45.3 Å². The first-order valence-corrected chi connectivity index (χ1v) is 9.07. The Hall–Kier alpha value is -1.26. The first-order chi connectivity index (χ1) is 11.2. The van der Waals surface area contributed by atoms with Crippen molar-refractivity contribution in [1.82, 2.24) is 4.90 Å². The molecule has 2 aliphatic rings. The van der Waals surface area contributed by atoms with Gasteiger partial charge in [0.1, 0.15) is 5.75 Å². The highest BCUT2D eigenvalue weighted by atomic mass is 16.5. The molecule has 2 aliphatic heterocycles. The van der Waals surface area contributed by atoms with Crippen LogP contribution in [0.5, 0.6) is 5.75 Å². The fourth-order valence-electron chi connectivity index (χ4n) is 3.48. The molecule has 0 amide bonds. The SMILES string of the molecule is CC(C)Oc1ccccc1N1CCN(C[C@H]2CCCCO2)CC1. The molecule has 0 aromatic heterocycles. The molecule has 2 heterocycles. The molecule has 0 saturated carbocycles. The summed E-state index contributed by atoms with van der Waals surface area (Å²) in [4.78, 5) is 5.01. The second kappa shape index (κ2) is 8.02. The molecule has 1 aromatic carbocycles. The fourth-order valence-corrected chi connectivity index (χ4v) is 3.48. The molecular weight excluding hydrogens is 288 g/mol. The van der Waals surface area contributed by atoms with E-state index in [1.807, 2.05) is 0 Å². The summed E-state index contributed by atoms with van der Waals surface area (Å²) in [5, 5.41) is 0. The summed E-state index contributed by atoms with van der Waals surface area (Å²) in [5.41, 5.74) is 1.23. The lowest BCUT2D eigenvalue weighted by atomic mass is 10.1. The Labute approximate surface area is 140 Å². The van der Waals surface area contributed by atoms with Gasteiger partial charge < -0.3 is 14.4 Å². The van der Waals surface area contributed by atoms with Gasteiger partial charge in [0.2, 0.25) is 0 Å². The molecule has 0 bridgehead atoms. The van der Waals surface area contributed by atoms with Gasteiger partial charge in [0, 0.05) is 39.3 Å². The fraction of sp³-hybridized carbons (Fsp3) is 0.684. The minimum Gasteiger partial charge on any atom is -0.489 e. The summed E-state index contributed by atoms with van der Waals surface area (Å²) >= 11 is 0. The number of hydrogen-bond donors (Lipinski definition) is 0. The van der Waals surface area contributed by atoms with Gasteiger partial charge in [-0.3, -0.25) is 4.90 Å². The summed E-state index contributed by atoms with van der Waals surface area (Å²) < 4.78 is 11.9. The van der Waals surface area contributed by atoms with E-state index < -0.39 is 0 Å². The molecule has 0 unspecified atom stereocenters. The van der Waals surface area contributed by atoms with Crippen molar-refractivity contribution in [1.29, 1.82) is 0 Å². The highest BCUT2D eigenvalue weighted by molar-refractivity contribution is 5.58. The Kier molecular flexibility index (Phi) is 5.79. The van der Waals surface area contributed by atoms with E-state index in [0.717, 1.165) is 45.1 Å². The zero-order valence-electron chi connectivity index (χ0n) is 14.5. The van der Waals surface area contributed by atoms with Crippen molar-refractivity contribution in [2.75, 3.05) is 44.2 Å². The van der Waals surface area contributed by atoms with E-state index in [1.54, 1.807) is 0 Å². The number of rotatable bonds is 5. The van der Waals surface area contributed by atoms with Crippen molar-refractivity contribution >= 4 is 5.69 Å². The Balaban J connectivity index is 1.54. The average Bonchev–Trinajstić information content (AvgIpc) is 2.57. The second-order valence-electron chi connectivity index (χ2n) is 6.91. The van der Waals surface area contributed by atoms with Crippen LogP contribution >= 0.6 is 0 Å². The van der Waals surface area contributed by atoms with E-state index in [1.165, 1.54) is 24.9 Å². The third-order valence-electron chi connectivity index (χ3n) is 4.68. The van der Waals surface area contributed by atoms with Crippen LogP contribution < -0.4 is 9.64 Å². The summed E-state index contributed by atoms with van der Waals surface area (Å²) in [7, 11) is 0. The van der Waals surface area contributed by atoms with Crippen molar-refractivity contribution in [3.63, 3.8) is 0 Å². The molecule has 0 N–H and O–H groups in total. The lowest BCUT2D eigenvalue weighted by Gasteiger charge is -2.38. The maximum Gasteiger partial charge on any atom is 0.142 e. The van der Waals surface area contributed by atoms with E-state index in [-0.39, 0.29) is 6.10 Å². The highest BCUT2D eigenvalue weighted by Crippen LogP contribution is 2.29. The number of hydrogen-bond acceptors (Lipinski definition) is 4. The van der Waals surface area contributed by atoms with Gasteiger partial charge in [-0.05, 0) is 45.2 Å². The predicted octanol–water partition coefficient (Wildman–Crippen LogP) is 3.16. The molecule has 3 rings (SSSR count). The van der Waals surface area contributed by atoms with Crippen LogP contribution in [0.25, 0.3) is 0 Å². The first-order valence-electron chi connectivity index (χ1n) is 9.07. The number of nitrogens with zero attached hydrogens (tertiary/aromatic N) is 2. The van der Waals surface area contributed by atoms with Gasteiger partial charge in [-0.2, -0.15) is 0 Å². The van der Waals surface area contributed by atoms with Crippen LogP contribution in [0.4, 0.5) is 5.69 Å². The van der Waals surface area contributed by atoms with Gasteiger partial charge in [-0.15, -0.1) is 0 Å². The second-order valence-corrected chi connectivity index (χ2v) is 6.91. The largest absolute Gasteiger partial charge is 0.489 e. The average molecular weight is 318 g/mol. The van der Waals surface area contributed by atoms with Crippen LogP contribution in [0, 0.1) is 0 Å². The number of anilines is 1. The number of para-hydroxylation sites is 2. The minimum atomic E-state index is 0.209. The van der Waals surface area contributed by atoms with Gasteiger partial charge in [-0.1, -0.05) is 12.1 Å². The Morgan fingerprint density at radius 3 is 2.61 bits per heavy atom. The van der Waals surface area contributed by atoms with E-state index in [9.17, 15) is 0 Å². The molecule has 0 spiro atoms. The zero-order chi connectivity index (χ0) is 16.1. The van der Waals surface area contributed by atoms with E-state index in [0.29, 0.717) is 6.10 Å². The topological polar surface area (TPSA) is 24.9 Å². The highest BCUT2D eigenvalue weighted by Gasteiger charge is 2.23. The van der Waals surface area contributed by atoms with Gasteiger partial charge in [0.15, 0.2) is 0 Å². The van der Waals surface area contributed by atoms with Crippen LogP contribution in [0.15, 0.2) is 24.3 Å². The summed E-state index contributed by atoms with van der Waals surface area (Å²) in [5.74, 6) is 1.01. The summed E-state index contributed by atoms with van der Waals surface area (Å²) in [6, 6.07) is 8.41. The Morgan fingerprint density at radius 2 is 1.91 bits per heavy atom. The van der Waals surface area contributed by atoms with Crippen molar-refractivity contribution in [2.24, 2.45) is 0 Å². The van der Waals surface area contributed by atoms with E-state index in [2.05, 4.69) is 47.9 Å². The van der Waals surface area contributed by atoms with Crippen LogP contribution in [0.1, 0.15) is 33.1 Å². The molecule has 2 saturated heterocycles. The first kappa shape index (κ1) is 16.6. The molecule has 0 aliphatic carbocycles. The molecule has 4 nitrogen and oxygen atoms in total. The Bertz CT molecular complexity index is 478. The van der Waals surface area contributed by atoms with E-state index >= 15 is 0 Å². The molecular formula is C19H30N2O2. The van der Waals surface area contributed by atoms with Crippen molar-refractivity contribution < 1.29 is 9.47 Å². The number of piperazine rings is 1. The quantitative estimate of drug-likeness (QED) is 0.832. The van der Waals surface area contributed by atoms with Gasteiger partial charge in [0.25, 0.3) is 0 Å². The molecule has 23 heavy (non-hydrogen) atoms. The molecule has 1 atom stereocenters. The van der Waals surface area contributed by atoms with E-state index in [4.69, 9.17) is 9.47 Å². The van der Waals surface area contributed by atoms with Gasteiger partial charge in [-0.25, -0.2) is 0 Å². The van der Waals surface area contributed by atoms with Crippen LogP contribution in [-0.4, -0.2) is 56.4 Å². The van der Waals surface area contributed by atoms with Crippen LogP contribution in [0.3, 0.4) is 0 Å². The van der Waals surface area contributed by atoms with Crippen LogP contribution in [-0.2, 0) is 4.74 Å². The van der Waals surface area contributed by atoms with Crippen molar-refractivity contribution in [3.05, 3.63) is 24.3 Å². The van der Waals surface area contributed by atoms with Crippen molar-refractivity contribution in [3.8, 4) is 5.75 Å². The lowest BCUT2D eigenvalue weighted by Crippen LogP contribution is -2.49. The maximum atomic E-state index is 5.97. The smallest absolute Gasteiger partial charge is 0.142 e. The standard InChI is InChI=1S/C19H30N2O2/c1-16(2)23-19-9-4-3-8-18(19)21-12-10-20(11-13-21)15-17-7-5-6-14-22-17/h3-4,8-9,16-17H,5-7,10-15H2,1-2H3/t17-/m1/s1. The lowest BCUT2D eigenvalue weighted by molar-refractivity contribution is -0.00646. The summed E-state index contributed by atoms with van der Waals surface area (Å²) in [6.45, 7) is 10.5. The van der Waals surface area contributed by atoms with Gasteiger partial charge in [0.05, 0.1) is 17.9 Å². The van der Waals surface area contributed by atoms with Crippen LogP contribution in [0.2, 0.25) is 0 Å². The minimum absolute atomic E-state index is 0.209. The summed E-state index contributed by atoms with van der Waals surface area (Å²) in [6.07, 6.45) is 4.44. The molecule has 1 aromatic rings. The molecule has 4 heteroatoms. The molecule has 128 valence electrons. The molecule has 2 fully saturated rings.